The number of hydrogen-bond donors (Lipinski definition) is 1. The summed E-state index contributed by atoms with van der Waals surface area (Å²) in [5, 5.41) is 8.93. The molecule has 0 spiro atoms. The van der Waals surface area contributed by atoms with Crippen molar-refractivity contribution in [2.45, 2.75) is 6.92 Å². The number of carbonyl (C=O) groups is 1. The third-order valence-electron chi connectivity index (χ3n) is 2.39. The van der Waals surface area contributed by atoms with Crippen LogP contribution in [0.5, 0.6) is 5.75 Å². The molecule has 18 heavy (non-hydrogen) atoms. The Bertz CT molecular complexity index is 606. The second-order valence-electron chi connectivity index (χ2n) is 3.58. The molecule has 0 fully saturated rings. The first kappa shape index (κ1) is 12.6. The van der Waals surface area contributed by atoms with Crippen molar-refractivity contribution < 1.29 is 19.1 Å². The van der Waals surface area contributed by atoms with Gasteiger partial charge < -0.3 is 14.3 Å². The fourth-order valence-electron chi connectivity index (χ4n) is 1.51. The van der Waals surface area contributed by atoms with Crippen LogP contribution in [0.4, 0.5) is 0 Å². The van der Waals surface area contributed by atoms with Gasteiger partial charge in [0, 0.05) is 4.47 Å². The van der Waals surface area contributed by atoms with Gasteiger partial charge in [0.15, 0.2) is 0 Å². The summed E-state index contributed by atoms with van der Waals surface area (Å²) < 4.78 is 11.1. The third kappa shape index (κ3) is 2.24. The molecule has 5 nitrogen and oxygen atoms in total. The first-order chi connectivity index (χ1) is 8.52. The van der Waals surface area contributed by atoms with E-state index in [1.807, 2.05) is 0 Å². The number of hydrogen-bond acceptors (Lipinski definition) is 4. The van der Waals surface area contributed by atoms with Crippen LogP contribution in [-0.2, 0) is 0 Å². The van der Waals surface area contributed by atoms with Crippen molar-refractivity contribution in [2.75, 3.05) is 7.11 Å². The number of benzene rings is 1. The molecule has 1 aromatic heterocycles. The lowest BCUT2D eigenvalue weighted by molar-refractivity contribution is 0.0662. The molecule has 0 atom stereocenters. The summed E-state index contributed by atoms with van der Waals surface area (Å²) in [7, 11) is 1.55. The van der Waals surface area contributed by atoms with E-state index in [4.69, 9.17) is 14.3 Å². The van der Waals surface area contributed by atoms with Crippen molar-refractivity contribution in [3.05, 3.63) is 34.1 Å². The predicted molar refractivity (Wildman–Crippen MR) is 67.9 cm³/mol. The lowest BCUT2D eigenvalue weighted by Gasteiger charge is -2.03. The van der Waals surface area contributed by atoms with Gasteiger partial charge in [0.2, 0.25) is 11.7 Å². The van der Waals surface area contributed by atoms with Crippen LogP contribution in [0.15, 0.2) is 27.1 Å². The molecule has 1 aromatic carbocycles. The molecule has 2 aromatic rings. The summed E-state index contributed by atoms with van der Waals surface area (Å²) in [4.78, 5) is 15.0. The molecule has 0 unspecified atom stereocenters. The van der Waals surface area contributed by atoms with Gasteiger partial charge in [0.05, 0.1) is 18.4 Å². The van der Waals surface area contributed by atoms with Crippen LogP contribution in [0.3, 0.4) is 0 Å². The van der Waals surface area contributed by atoms with Crippen molar-refractivity contribution in [3.8, 4) is 17.2 Å². The Kier molecular flexibility index (Phi) is 3.38. The van der Waals surface area contributed by atoms with Crippen molar-refractivity contribution in [1.29, 1.82) is 0 Å². The summed E-state index contributed by atoms with van der Waals surface area (Å²) in [6.45, 7) is 1.59. The molecule has 1 N–H and O–H groups in total. The first-order valence-electron chi connectivity index (χ1n) is 5.07. The van der Waals surface area contributed by atoms with E-state index < -0.39 is 5.97 Å². The zero-order valence-corrected chi connectivity index (χ0v) is 11.3. The highest BCUT2D eigenvalue weighted by Gasteiger charge is 2.18. The van der Waals surface area contributed by atoms with Gasteiger partial charge in [0.25, 0.3) is 0 Å². The minimum atomic E-state index is -1.13. The molecule has 0 amide bonds. The number of carboxylic acid groups (broad SMARTS) is 1. The number of oxazole rings is 1. The number of nitrogens with zero attached hydrogens (tertiary/aromatic N) is 1. The molecule has 0 radical (unpaired) electrons. The Morgan fingerprint density at radius 3 is 2.78 bits per heavy atom. The second-order valence-corrected chi connectivity index (χ2v) is 4.44. The highest BCUT2D eigenvalue weighted by Crippen LogP contribution is 2.32. The Hall–Kier alpha value is -1.82. The van der Waals surface area contributed by atoms with E-state index in [2.05, 4.69) is 20.9 Å². The normalized spacial score (nSPS) is 10.4. The van der Waals surface area contributed by atoms with Crippen LogP contribution >= 0.6 is 15.9 Å². The summed E-state index contributed by atoms with van der Waals surface area (Å²) in [5.74, 6) is -0.401. The maximum absolute atomic E-state index is 10.9. The van der Waals surface area contributed by atoms with Gasteiger partial charge in [-0.25, -0.2) is 9.78 Å². The number of methoxy groups -OCH3 is 1. The monoisotopic (exact) mass is 311 g/mol. The van der Waals surface area contributed by atoms with Crippen LogP contribution in [0.2, 0.25) is 0 Å². The van der Waals surface area contributed by atoms with E-state index in [9.17, 15) is 4.79 Å². The molecule has 0 aliphatic carbocycles. The van der Waals surface area contributed by atoms with Crippen molar-refractivity contribution >= 4 is 21.9 Å². The van der Waals surface area contributed by atoms with Crippen LogP contribution in [0.25, 0.3) is 11.5 Å². The minimum absolute atomic E-state index is 0.153. The van der Waals surface area contributed by atoms with Crippen LogP contribution in [-0.4, -0.2) is 23.2 Å². The van der Waals surface area contributed by atoms with E-state index in [0.717, 1.165) is 4.47 Å². The van der Waals surface area contributed by atoms with Crippen molar-refractivity contribution in [2.24, 2.45) is 0 Å². The van der Waals surface area contributed by atoms with Gasteiger partial charge >= 0.3 is 5.97 Å². The van der Waals surface area contributed by atoms with Crippen LogP contribution in [0.1, 0.15) is 16.2 Å². The Labute approximate surface area is 112 Å². The van der Waals surface area contributed by atoms with E-state index in [0.29, 0.717) is 17.0 Å². The third-order valence-corrected chi connectivity index (χ3v) is 3.09. The number of carboxylic acids is 1. The Morgan fingerprint density at radius 2 is 2.22 bits per heavy atom. The molecule has 94 valence electrons. The molecule has 0 aliphatic heterocycles. The Morgan fingerprint density at radius 1 is 1.50 bits per heavy atom. The van der Waals surface area contributed by atoms with Gasteiger partial charge in [0.1, 0.15) is 5.75 Å². The highest BCUT2D eigenvalue weighted by molar-refractivity contribution is 9.10. The number of ether oxygens (including phenoxy) is 1. The lowest BCUT2D eigenvalue weighted by Crippen LogP contribution is -1.95. The van der Waals surface area contributed by atoms with E-state index in [-0.39, 0.29) is 11.7 Å². The summed E-state index contributed by atoms with van der Waals surface area (Å²) >= 11 is 3.36. The average molecular weight is 312 g/mol. The second kappa shape index (κ2) is 4.81. The standard InChI is InChI=1S/C12H10BrNO4/c1-6-10(12(15)16)18-11(14-6)8-5-7(17-2)3-4-9(8)13/h3-5H,1-2H3,(H,15,16). The zero-order chi connectivity index (χ0) is 13.3. The smallest absolute Gasteiger partial charge is 0.373 e. The van der Waals surface area contributed by atoms with Gasteiger partial charge in [-0.15, -0.1) is 0 Å². The highest BCUT2D eigenvalue weighted by atomic mass is 79.9. The number of rotatable bonds is 3. The fraction of sp³-hybridized carbons (Fsp3) is 0.167. The van der Waals surface area contributed by atoms with E-state index in [1.54, 1.807) is 32.2 Å². The summed E-state index contributed by atoms with van der Waals surface area (Å²) in [6.07, 6.45) is 0. The molecular weight excluding hydrogens is 302 g/mol. The Balaban J connectivity index is 2.54. The predicted octanol–water partition coefficient (Wildman–Crippen LogP) is 3.12. The molecule has 0 saturated heterocycles. The van der Waals surface area contributed by atoms with Gasteiger partial charge in [-0.1, -0.05) is 0 Å². The van der Waals surface area contributed by atoms with E-state index >= 15 is 0 Å². The SMILES string of the molecule is COc1ccc(Br)c(-c2nc(C)c(C(=O)O)o2)c1. The topological polar surface area (TPSA) is 72.6 Å². The van der Waals surface area contributed by atoms with Crippen molar-refractivity contribution in [1.82, 2.24) is 4.98 Å². The largest absolute Gasteiger partial charge is 0.497 e. The maximum Gasteiger partial charge on any atom is 0.373 e. The van der Waals surface area contributed by atoms with E-state index in [1.165, 1.54) is 0 Å². The first-order valence-corrected chi connectivity index (χ1v) is 5.87. The molecule has 0 aliphatic rings. The van der Waals surface area contributed by atoms with Gasteiger partial charge in [-0.3, -0.25) is 0 Å². The fourth-order valence-corrected chi connectivity index (χ4v) is 1.92. The van der Waals surface area contributed by atoms with Gasteiger partial charge in [-0.05, 0) is 41.1 Å². The molecule has 0 saturated carbocycles. The molecule has 2 rings (SSSR count). The molecule has 1 heterocycles. The number of halogens is 1. The van der Waals surface area contributed by atoms with Crippen molar-refractivity contribution in [3.63, 3.8) is 0 Å². The lowest BCUT2D eigenvalue weighted by atomic mass is 10.2. The van der Waals surface area contributed by atoms with Crippen LogP contribution < -0.4 is 4.74 Å². The number of aryl methyl sites for hydroxylation is 1. The molecule has 6 heteroatoms. The van der Waals surface area contributed by atoms with Gasteiger partial charge in [-0.2, -0.15) is 0 Å². The molecular formula is C12H10BrNO4. The number of aromatic carboxylic acids is 1. The summed E-state index contributed by atoms with van der Waals surface area (Å²) in [6, 6.07) is 5.29. The zero-order valence-electron chi connectivity index (χ0n) is 9.73. The average Bonchev–Trinajstić information content (AvgIpc) is 2.72. The summed E-state index contributed by atoms with van der Waals surface area (Å²) in [5.41, 5.74) is 0.983. The van der Waals surface area contributed by atoms with Crippen LogP contribution in [0, 0.1) is 6.92 Å². The maximum atomic E-state index is 10.9. The molecule has 0 bridgehead atoms. The minimum Gasteiger partial charge on any atom is -0.497 e. The number of aromatic nitrogens is 1. The quantitative estimate of drug-likeness (QED) is 0.942.